The standard InChI is InChI=1S/C29H35ClFN5O5/c1-41-29(40)36-14-13-34(12-2-3-25(36)18-4-6-19(30)7-5-18)28(39)23-17-35(26-10-11-27(38)33-32-26)16-22(23)21-9-8-20(37)15-24(21)31/h4-11,15,21-26,32,37H,2-3,12-14,16-17H2,1H3,(H,33,38)/t21?,22-,23?,24?,25?,26?/m0/s1. The van der Waals surface area contributed by atoms with Crippen molar-refractivity contribution in [3.05, 3.63) is 71.0 Å². The summed E-state index contributed by atoms with van der Waals surface area (Å²) in [5.41, 5.74) is 6.47. The summed E-state index contributed by atoms with van der Waals surface area (Å²) in [6.07, 6.45) is 6.48. The molecule has 1 aromatic rings. The Hall–Kier alpha value is -3.41. The number of nitrogens with one attached hydrogen (secondary N) is 2. The highest BCUT2D eigenvalue weighted by atomic mass is 35.5. The number of carbonyl (C=O) groups is 3. The molecular formula is C29H35ClFN5O5. The molecule has 1 aliphatic carbocycles. The first-order chi connectivity index (χ1) is 19.7. The molecule has 1 aromatic carbocycles. The minimum absolute atomic E-state index is 0.101. The normalized spacial score (nSPS) is 30.8. The average Bonchev–Trinajstić information content (AvgIpc) is 3.38. The van der Waals surface area contributed by atoms with Gasteiger partial charge in [-0.1, -0.05) is 29.8 Å². The summed E-state index contributed by atoms with van der Waals surface area (Å²) in [4.78, 5) is 44.0. The van der Waals surface area contributed by atoms with Crippen LogP contribution in [0.1, 0.15) is 24.4 Å². The van der Waals surface area contributed by atoms with Crippen LogP contribution in [-0.4, -0.2) is 89.9 Å². The van der Waals surface area contributed by atoms with E-state index in [1.807, 2.05) is 17.0 Å². The van der Waals surface area contributed by atoms with Gasteiger partial charge in [-0.15, -0.1) is 0 Å². The van der Waals surface area contributed by atoms with Crippen molar-refractivity contribution in [1.82, 2.24) is 25.6 Å². The number of aliphatic hydroxyl groups excluding tert-OH is 1. The number of amides is 3. The lowest BCUT2D eigenvalue weighted by Gasteiger charge is -2.38. The van der Waals surface area contributed by atoms with Gasteiger partial charge in [0.05, 0.1) is 25.2 Å². The van der Waals surface area contributed by atoms with Crippen LogP contribution >= 0.6 is 11.6 Å². The van der Waals surface area contributed by atoms with E-state index in [4.69, 9.17) is 16.3 Å². The van der Waals surface area contributed by atoms with Crippen molar-refractivity contribution in [3.8, 4) is 0 Å². The van der Waals surface area contributed by atoms with Gasteiger partial charge in [0.25, 0.3) is 5.91 Å². The Labute approximate surface area is 243 Å². The molecule has 3 aliphatic heterocycles. The molecule has 0 saturated carbocycles. The summed E-state index contributed by atoms with van der Waals surface area (Å²) in [6, 6.07) is 7.17. The smallest absolute Gasteiger partial charge is 0.410 e. The van der Waals surface area contributed by atoms with Crippen LogP contribution in [0.5, 0.6) is 0 Å². The molecule has 4 aliphatic rings. The second-order valence-corrected chi connectivity index (χ2v) is 11.3. The minimum Gasteiger partial charge on any atom is -0.508 e. The highest BCUT2D eigenvalue weighted by Crippen LogP contribution is 2.38. The third-order valence-corrected chi connectivity index (χ3v) is 8.68. The summed E-state index contributed by atoms with van der Waals surface area (Å²) in [5, 5.41) is 10.4. The van der Waals surface area contributed by atoms with E-state index in [1.165, 1.54) is 25.3 Å². The Balaban J connectivity index is 1.35. The molecule has 2 saturated heterocycles. The van der Waals surface area contributed by atoms with Crippen molar-refractivity contribution >= 4 is 29.5 Å². The zero-order valence-electron chi connectivity index (χ0n) is 22.8. The summed E-state index contributed by atoms with van der Waals surface area (Å²) >= 11 is 6.08. The molecule has 3 N–H and O–H groups in total. The van der Waals surface area contributed by atoms with Crippen molar-refractivity contribution in [2.75, 3.05) is 39.8 Å². The zero-order valence-corrected chi connectivity index (χ0v) is 23.5. The number of benzene rings is 1. The quantitative estimate of drug-likeness (QED) is 0.496. The van der Waals surface area contributed by atoms with Crippen molar-refractivity contribution in [2.24, 2.45) is 17.8 Å². The number of ether oxygens (including phenoxy) is 1. The van der Waals surface area contributed by atoms with E-state index in [-0.39, 0.29) is 42.2 Å². The molecule has 3 amide bonds. The number of nitrogens with zero attached hydrogens (tertiary/aromatic N) is 3. The lowest BCUT2D eigenvalue weighted by Crippen LogP contribution is -2.54. The molecule has 5 rings (SSSR count). The molecule has 0 bridgehead atoms. The molecule has 0 spiro atoms. The van der Waals surface area contributed by atoms with E-state index in [0.717, 1.165) is 5.56 Å². The van der Waals surface area contributed by atoms with Gasteiger partial charge in [0.1, 0.15) is 11.9 Å². The van der Waals surface area contributed by atoms with Gasteiger partial charge in [0, 0.05) is 49.7 Å². The molecule has 12 heteroatoms. The molecule has 5 unspecified atom stereocenters. The predicted octanol–water partition coefficient (Wildman–Crippen LogP) is 3.10. The van der Waals surface area contributed by atoms with Crippen LogP contribution in [0.25, 0.3) is 0 Å². The number of methoxy groups -OCH3 is 1. The zero-order chi connectivity index (χ0) is 29.1. The molecule has 0 radical (unpaired) electrons. The topological polar surface area (TPSA) is 114 Å². The molecule has 41 heavy (non-hydrogen) atoms. The number of halogens is 2. The summed E-state index contributed by atoms with van der Waals surface area (Å²) in [7, 11) is 1.34. The third-order valence-electron chi connectivity index (χ3n) is 8.43. The van der Waals surface area contributed by atoms with Gasteiger partial charge in [0.2, 0.25) is 5.91 Å². The van der Waals surface area contributed by atoms with E-state index >= 15 is 4.39 Å². The van der Waals surface area contributed by atoms with Crippen LogP contribution < -0.4 is 10.9 Å². The first kappa shape index (κ1) is 29.1. The van der Waals surface area contributed by atoms with Gasteiger partial charge in [-0.05, 0) is 54.7 Å². The Morgan fingerprint density at radius 3 is 2.56 bits per heavy atom. The number of hydrazine groups is 1. The third kappa shape index (κ3) is 6.42. The molecule has 3 heterocycles. The maximum absolute atomic E-state index is 15.2. The number of hydrogen-bond donors (Lipinski definition) is 3. The fourth-order valence-corrected chi connectivity index (χ4v) is 6.47. The average molecular weight is 588 g/mol. The Morgan fingerprint density at radius 1 is 1.10 bits per heavy atom. The van der Waals surface area contributed by atoms with Crippen LogP contribution in [0, 0.1) is 17.8 Å². The van der Waals surface area contributed by atoms with Crippen molar-refractivity contribution in [3.63, 3.8) is 0 Å². The lowest BCUT2D eigenvalue weighted by molar-refractivity contribution is -0.137. The van der Waals surface area contributed by atoms with E-state index in [2.05, 4.69) is 10.9 Å². The Morgan fingerprint density at radius 2 is 1.88 bits per heavy atom. The molecule has 2 fully saturated rings. The first-order valence-corrected chi connectivity index (χ1v) is 14.2. The maximum Gasteiger partial charge on any atom is 0.410 e. The van der Waals surface area contributed by atoms with Crippen LogP contribution in [0.15, 0.2) is 60.4 Å². The van der Waals surface area contributed by atoms with Gasteiger partial charge in [-0.25, -0.2) is 14.6 Å². The number of rotatable bonds is 4. The van der Waals surface area contributed by atoms with Gasteiger partial charge >= 0.3 is 6.09 Å². The number of allylic oxidation sites excluding steroid dienone is 3. The van der Waals surface area contributed by atoms with E-state index in [1.54, 1.807) is 34.1 Å². The van der Waals surface area contributed by atoms with Crippen LogP contribution in [0.4, 0.5) is 9.18 Å². The maximum atomic E-state index is 15.2. The van der Waals surface area contributed by atoms with Crippen LogP contribution in [0.3, 0.4) is 0 Å². The van der Waals surface area contributed by atoms with Gasteiger partial charge in [-0.2, -0.15) is 0 Å². The van der Waals surface area contributed by atoms with Crippen molar-refractivity contribution in [1.29, 1.82) is 0 Å². The molecule has 10 nitrogen and oxygen atoms in total. The number of likely N-dealkylation sites (tertiary alicyclic amines) is 1. The number of hydrogen-bond acceptors (Lipinski definition) is 7. The lowest BCUT2D eigenvalue weighted by atomic mass is 9.78. The summed E-state index contributed by atoms with van der Waals surface area (Å²) in [5.74, 6) is -1.99. The highest BCUT2D eigenvalue weighted by molar-refractivity contribution is 6.30. The Bertz CT molecular complexity index is 1240. The predicted molar refractivity (Wildman–Crippen MR) is 150 cm³/mol. The molecular weight excluding hydrogens is 553 g/mol. The van der Waals surface area contributed by atoms with Crippen LogP contribution in [0.2, 0.25) is 5.02 Å². The van der Waals surface area contributed by atoms with Crippen LogP contribution in [-0.2, 0) is 14.3 Å². The minimum atomic E-state index is -1.43. The van der Waals surface area contributed by atoms with E-state index in [9.17, 15) is 19.5 Å². The molecule has 6 atom stereocenters. The van der Waals surface area contributed by atoms with Gasteiger partial charge in [0.15, 0.2) is 0 Å². The SMILES string of the molecule is COC(=O)N1CCN(C(=O)C2CN(C3C=CC(=O)NN3)C[C@H]2C2C=CC(O)=CC2F)CCCC1c1ccc(Cl)cc1. The van der Waals surface area contributed by atoms with Crippen molar-refractivity contribution < 1.29 is 28.6 Å². The number of aliphatic hydroxyl groups is 1. The largest absolute Gasteiger partial charge is 0.508 e. The van der Waals surface area contributed by atoms with E-state index < -0.39 is 24.1 Å². The second kappa shape index (κ2) is 12.6. The second-order valence-electron chi connectivity index (χ2n) is 10.8. The first-order valence-electron chi connectivity index (χ1n) is 13.8. The van der Waals surface area contributed by atoms with Gasteiger partial charge in [-0.3, -0.25) is 24.8 Å². The Kier molecular flexibility index (Phi) is 8.96. The van der Waals surface area contributed by atoms with E-state index in [0.29, 0.717) is 44.0 Å². The number of alkyl halides is 1. The fourth-order valence-electron chi connectivity index (χ4n) is 6.34. The monoisotopic (exact) mass is 587 g/mol. The molecule has 220 valence electrons. The molecule has 0 aromatic heterocycles. The fraction of sp³-hybridized carbons (Fsp3) is 0.483. The summed E-state index contributed by atoms with van der Waals surface area (Å²) in [6.45, 7) is 1.85. The van der Waals surface area contributed by atoms with Gasteiger partial charge < -0.3 is 14.7 Å². The summed E-state index contributed by atoms with van der Waals surface area (Å²) < 4.78 is 20.3. The van der Waals surface area contributed by atoms with Crippen molar-refractivity contribution in [2.45, 2.75) is 31.2 Å². The number of carbonyl (C=O) groups excluding carboxylic acids is 3. The highest BCUT2D eigenvalue weighted by Gasteiger charge is 2.47.